The second-order valence-corrected chi connectivity index (χ2v) is 5.81. The lowest BCUT2D eigenvalue weighted by molar-refractivity contribution is -0.115. The van der Waals surface area contributed by atoms with Gasteiger partial charge in [0.2, 0.25) is 5.91 Å². The highest BCUT2D eigenvalue weighted by Crippen LogP contribution is 2.23. The molecule has 0 atom stereocenters. The van der Waals surface area contributed by atoms with Gasteiger partial charge in [0, 0.05) is 23.7 Å². The van der Waals surface area contributed by atoms with Crippen LogP contribution in [0.4, 0.5) is 11.4 Å². The van der Waals surface area contributed by atoms with E-state index in [9.17, 15) is 9.59 Å². The first-order valence-corrected chi connectivity index (χ1v) is 8.45. The van der Waals surface area contributed by atoms with Crippen LogP contribution in [0.15, 0.2) is 42.5 Å². The third-order valence-electron chi connectivity index (χ3n) is 3.63. The quantitative estimate of drug-likeness (QED) is 0.724. The second-order valence-electron chi connectivity index (χ2n) is 5.40. The Morgan fingerprint density at radius 3 is 2.56 bits per heavy atom. The van der Waals surface area contributed by atoms with Gasteiger partial charge in [0.15, 0.2) is 0 Å². The van der Waals surface area contributed by atoms with E-state index in [0.29, 0.717) is 22.8 Å². The van der Waals surface area contributed by atoms with Gasteiger partial charge < -0.3 is 15.4 Å². The SMILES string of the molecule is CCOC(=O)c1ccccc1NC(=O)CCNc1cccc(Cl)c1C. The fourth-order valence-corrected chi connectivity index (χ4v) is 2.48. The average molecular weight is 361 g/mol. The number of nitrogens with one attached hydrogen (secondary N) is 2. The van der Waals surface area contributed by atoms with Gasteiger partial charge in [-0.15, -0.1) is 0 Å². The maximum absolute atomic E-state index is 12.2. The number of hydrogen-bond donors (Lipinski definition) is 2. The van der Waals surface area contributed by atoms with E-state index in [1.165, 1.54) is 0 Å². The lowest BCUT2D eigenvalue weighted by atomic mass is 10.1. The zero-order valence-corrected chi connectivity index (χ0v) is 15.0. The molecule has 2 aromatic rings. The van der Waals surface area contributed by atoms with Crippen molar-refractivity contribution < 1.29 is 14.3 Å². The van der Waals surface area contributed by atoms with Gasteiger partial charge in [0.05, 0.1) is 17.9 Å². The maximum atomic E-state index is 12.2. The smallest absolute Gasteiger partial charge is 0.340 e. The normalized spacial score (nSPS) is 10.2. The fourth-order valence-electron chi connectivity index (χ4n) is 2.30. The molecule has 2 rings (SSSR count). The van der Waals surface area contributed by atoms with E-state index in [1.807, 2.05) is 25.1 Å². The molecule has 1 amide bonds. The van der Waals surface area contributed by atoms with E-state index in [0.717, 1.165) is 11.3 Å². The van der Waals surface area contributed by atoms with Crippen molar-refractivity contribution >= 4 is 34.9 Å². The number of carbonyl (C=O) groups excluding carboxylic acids is 2. The zero-order chi connectivity index (χ0) is 18.2. The van der Waals surface area contributed by atoms with E-state index in [1.54, 1.807) is 31.2 Å². The molecule has 0 fully saturated rings. The Morgan fingerprint density at radius 1 is 1.08 bits per heavy atom. The van der Waals surface area contributed by atoms with Crippen molar-refractivity contribution in [1.82, 2.24) is 0 Å². The van der Waals surface area contributed by atoms with Gasteiger partial charge in [-0.05, 0) is 43.7 Å². The predicted octanol–water partition coefficient (Wildman–Crippen LogP) is 4.27. The van der Waals surface area contributed by atoms with Gasteiger partial charge >= 0.3 is 5.97 Å². The molecular weight excluding hydrogens is 340 g/mol. The lowest BCUT2D eigenvalue weighted by Crippen LogP contribution is -2.18. The molecule has 6 heteroatoms. The summed E-state index contributed by atoms with van der Waals surface area (Å²) in [6.07, 6.45) is 0.253. The van der Waals surface area contributed by atoms with Gasteiger partial charge in [-0.2, -0.15) is 0 Å². The summed E-state index contributed by atoms with van der Waals surface area (Å²) < 4.78 is 5.00. The minimum absolute atomic E-state index is 0.191. The summed E-state index contributed by atoms with van der Waals surface area (Å²) in [5.74, 6) is -0.644. The summed E-state index contributed by atoms with van der Waals surface area (Å²) in [5.41, 5.74) is 2.63. The number of ether oxygens (including phenoxy) is 1. The van der Waals surface area contributed by atoms with Gasteiger partial charge in [-0.3, -0.25) is 4.79 Å². The Balaban J connectivity index is 1.93. The van der Waals surface area contributed by atoms with E-state index < -0.39 is 5.97 Å². The number of para-hydroxylation sites is 1. The zero-order valence-electron chi connectivity index (χ0n) is 14.3. The molecule has 0 spiro atoms. The highest BCUT2D eigenvalue weighted by Gasteiger charge is 2.13. The molecule has 25 heavy (non-hydrogen) atoms. The van der Waals surface area contributed by atoms with Crippen molar-refractivity contribution in [2.75, 3.05) is 23.8 Å². The van der Waals surface area contributed by atoms with Crippen molar-refractivity contribution in [3.63, 3.8) is 0 Å². The Kier molecular flexibility index (Phi) is 6.83. The molecule has 132 valence electrons. The molecule has 2 aromatic carbocycles. The van der Waals surface area contributed by atoms with Crippen LogP contribution in [0.3, 0.4) is 0 Å². The third-order valence-corrected chi connectivity index (χ3v) is 4.04. The number of halogens is 1. The average Bonchev–Trinajstić information content (AvgIpc) is 2.59. The number of amides is 1. The first-order chi connectivity index (χ1) is 12.0. The van der Waals surface area contributed by atoms with Crippen molar-refractivity contribution in [2.24, 2.45) is 0 Å². The van der Waals surface area contributed by atoms with Crippen molar-refractivity contribution in [3.05, 3.63) is 58.6 Å². The summed E-state index contributed by atoms with van der Waals surface area (Å²) >= 11 is 6.07. The Hall–Kier alpha value is -2.53. The molecule has 0 aliphatic heterocycles. The summed E-state index contributed by atoms with van der Waals surface area (Å²) in [6.45, 7) is 4.39. The molecule has 2 N–H and O–H groups in total. The van der Waals surface area contributed by atoms with Crippen molar-refractivity contribution in [2.45, 2.75) is 20.3 Å². The van der Waals surface area contributed by atoms with Crippen LogP contribution in [0.5, 0.6) is 0 Å². The number of carbonyl (C=O) groups is 2. The summed E-state index contributed by atoms with van der Waals surface area (Å²) in [7, 11) is 0. The van der Waals surface area contributed by atoms with Crippen LogP contribution in [-0.4, -0.2) is 25.0 Å². The van der Waals surface area contributed by atoms with Gasteiger partial charge in [0.25, 0.3) is 0 Å². The largest absolute Gasteiger partial charge is 0.462 e. The number of esters is 1. The molecule has 0 heterocycles. The van der Waals surface area contributed by atoms with Crippen LogP contribution >= 0.6 is 11.6 Å². The molecule has 0 aliphatic rings. The molecule has 0 aromatic heterocycles. The van der Waals surface area contributed by atoms with Crippen LogP contribution in [0, 0.1) is 6.92 Å². The Bertz CT molecular complexity index is 762. The van der Waals surface area contributed by atoms with E-state index in [-0.39, 0.29) is 18.9 Å². The molecule has 0 saturated heterocycles. The molecular formula is C19H21ClN2O3. The number of rotatable bonds is 7. The van der Waals surface area contributed by atoms with Crippen molar-refractivity contribution in [1.29, 1.82) is 0 Å². The fraction of sp³-hybridized carbons (Fsp3) is 0.263. The topological polar surface area (TPSA) is 67.4 Å². The summed E-state index contributed by atoms with van der Waals surface area (Å²) in [5, 5.41) is 6.63. The monoisotopic (exact) mass is 360 g/mol. The van der Waals surface area contributed by atoms with Crippen LogP contribution in [0.2, 0.25) is 5.02 Å². The molecule has 0 unspecified atom stereocenters. The molecule has 0 bridgehead atoms. The Morgan fingerprint density at radius 2 is 1.80 bits per heavy atom. The van der Waals surface area contributed by atoms with E-state index in [4.69, 9.17) is 16.3 Å². The van der Waals surface area contributed by atoms with Crippen LogP contribution in [-0.2, 0) is 9.53 Å². The summed E-state index contributed by atoms with van der Waals surface area (Å²) in [6, 6.07) is 12.4. The van der Waals surface area contributed by atoms with Gasteiger partial charge in [-0.25, -0.2) is 4.79 Å². The van der Waals surface area contributed by atoms with Crippen LogP contribution in [0.25, 0.3) is 0 Å². The maximum Gasteiger partial charge on any atom is 0.340 e. The number of benzene rings is 2. The highest BCUT2D eigenvalue weighted by molar-refractivity contribution is 6.31. The van der Waals surface area contributed by atoms with Crippen LogP contribution in [0.1, 0.15) is 29.3 Å². The van der Waals surface area contributed by atoms with Gasteiger partial charge in [-0.1, -0.05) is 29.8 Å². The minimum atomic E-state index is -0.453. The second kappa shape index (κ2) is 9.08. The van der Waals surface area contributed by atoms with Gasteiger partial charge in [0.1, 0.15) is 0 Å². The lowest BCUT2D eigenvalue weighted by Gasteiger charge is -2.12. The van der Waals surface area contributed by atoms with Crippen LogP contribution < -0.4 is 10.6 Å². The minimum Gasteiger partial charge on any atom is -0.462 e. The first kappa shape index (κ1) is 18.8. The number of hydrogen-bond acceptors (Lipinski definition) is 4. The van der Waals surface area contributed by atoms with E-state index >= 15 is 0 Å². The third kappa shape index (κ3) is 5.22. The van der Waals surface area contributed by atoms with E-state index in [2.05, 4.69) is 10.6 Å². The standard InChI is InChI=1S/C19H21ClN2O3/c1-3-25-19(24)14-7-4-5-9-17(14)22-18(23)11-12-21-16-10-6-8-15(20)13(16)2/h4-10,21H,3,11-12H2,1-2H3,(H,22,23). The summed E-state index contributed by atoms with van der Waals surface area (Å²) in [4.78, 5) is 24.1. The highest BCUT2D eigenvalue weighted by atomic mass is 35.5. The molecule has 0 saturated carbocycles. The van der Waals surface area contributed by atoms with Crippen molar-refractivity contribution in [3.8, 4) is 0 Å². The molecule has 5 nitrogen and oxygen atoms in total. The predicted molar refractivity (Wildman–Crippen MR) is 100 cm³/mol. The molecule has 0 aliphatic carbocycles. The Labute approximate surface area is 152 Å². The number of anilines is 2. The molecule has 0 radical (unpaired) electrons. The first-order valence-electron chi connectivity index (χ1n) is 8.08.